The van der Waals surface area contributed by atoms with Crippen LogP contribution in [-0.4, -0.2) is 29.7 Å². The van der Waals surface area contributed by atoms with Crippen molar-refractivity contribution < 1.29 is 9.50 Å². The van der Waals surface area contributed by atoms with Crippen LogP contribution in [0.2, 0.25) is 0 Å². The van der Waals surface area contributed by atoms with Crippen LogP contribution >= 0.6 is 0 Å². The Labute approximate surface area is 127 Å². The SMILES string of the molecule is OCCC#Cc1cc(F)cc(CN2CCCCCCC2)c1. The van der Waals surface area contributed by atoms with Gasteiger partial charge in [0, 0.05) is 18.5 Å². The van der Waals surface area contributed by atoms with Gasteiger partial charge >= 0.3 is 0 Å². The third-order valence-corrected chi connectivity index (χ3v) is 3.78. The van der Waals surface area contributed by atoms with Crippen LogP contribution in [-0.2, 0) is 6.54 Å². The molecule has 1 saturated heterocycles. The van der Waals surface area contributed by atoms with Crippen LogP contribution in [0.1, 0.15) is 49.7 Å². The minimum absolute atomic E-state index is 0.0446. The Bertz CT molecular complexity index is 496. The Balaban J connectivity index is 2.03. The first-order valence-corrected chi connectivity index (χ1v) is 7.89. The zero-order valence-corrected chi connectivity index (χ0v) is 12.6. The van der Waals surface area contributed by atoms with Gasteiger partial charge < -0.3 is 5.11 Å². The van der Waals surface area contributed by atoms with E-state index in [-0.39, 0.29) is 12.4 Å². The Morgan fingerprint density at radius 2 is 1.76 bits per heavy atom. The van der Waals surface area contributed by atoms with Gasteiger partial charge in [0.2, 0.25) is 0 Å². The van der Waals surface area contributed by atoms with E-state index in [4.69, 9.17) is 5.11 Å². The van der Waals surface area contributed by atoms with Crippen molar-refractivity contribution in [2.45, 2.75) is 45.1 Å². The number of hydrogen-bond acceptors (Lipinski definition) is 2. The van der Waals surface area contributed by atoms with Crippen molar-refractivity contribution in [1.29, 1.82) is 0 Å². The molecule has 1 aromatic rings. The monoisotopic (exact) mass is 289 g/mol. The molecule has 0 aromatic heterocycles. The quantitative estimate of drug-likeness (QED) is 0.863. The summed E-state index contributed by atoms with van der Waals surface area (Å²) in [4.78, 5) is 2.42. The molecule has 1 aliphatic rings. The summed E-state index contributed by atoms with van der Waals surface area (Å²) >= 11 is 0. The average molecular weight is 289 g/mol. The van der Waals surface area contributed by atoms with E-state index < -0.39 is 0 Å². The summed E-state index contributed by atoms with van der Waals surface area (Å²) in [7, 11) is 0. The first-order chi connectivity index (χ1) is 10.3. The molecule has 1 aliphatic heterocycles. The lowest BCUT2D eigenvalue weighted by Crippen LogP contribution is -2.26. The highest BCUT2D eigenvalue weighted by Gasteiger charge is 2.09. The number of likely N-dealkylation sites (tertiary alicyclic amines) is 1. The van der Waals surface area contributed by atoms with Gasteiger partial charge in [0.05, 0.1) is 6.61 Å². The summed E-state index contributed by atoms with van der Waals surface area (Å²) < 4.78 is 13.7. The second-order valence-corrected chi connectivity index (χ2v) is 5.67. The Hall–Kier alpha value is -1.37. The van der Waals surface area contributed by atoms with Gasteiger partial charge in [0.25, 0.3) is 0 Å². The fraction of sp³-hybridized carbons (Fsp3) is 0.556. The molecule has 3 heteroatoms. The summed E-state index contributed by atoms with van der Waals surface area (Å²) in [5, 5.41) is 8.74. The van der Waals surface area contributed by atoms with Gasteiger partial charge in [-0.05, 0) is 49.7 Å². The normalized spacial score (nSPS) is 16.7. The molecule has 1 heterocycles. The van der Waals surface area contributed by atoms with Crippen LogP contribution in [0.3, 0.4) is 0 Å². The van der Waals surface area contributed by atoms with Crippen molar-refractivity contribution >= 4 is 0 Å². The van der Waals surface area contributed by atoms with Gasteiger partial charge in [-0.1, -0.05) is 31.1 Å². The summed E-state index contributed by atoms with van der Waals surface area (Å²) in [6.45, 7) is 3.04. The van der Waals surface area contributed by atoms with E-state index in [1.54, 1.807) is 6.07 Å². The van der Waals surface area contributed by atoms with Crippen LogP contribution < -0.4 is 0 Å². The summed E-state index contributed by atoms with van der Waals surface area (Å²) in [6, 6.07) is 5.03. The van der Waals surface area contributed by atoms with Crippen molar-refractivity contribution in [3.63, 3.8) is 0 Å². The Morgan fingerprint density at radius 3 is 2.48 bits per heavy atom. The number of aliphatic hydroxyl groups excluding tert-OH is 1. The van der Waals surface area contributed by atoms with Crippen LogP contribution in [0.25, 0.3) is 0 Å². The van der Waals surface area contributed by atoms with E-state index in [9.17, 15) is 4.39 Å². The maximum absolute atomic E-state index is 13.7. The zero-order chi connectivity index (χ0) is 14.9. The lowest BCUT2D eigenvalue weighted by Gasteiger charge is -2.24. The molecule has 0 amide bonds. The van der Waals surface area contributed by atoms with Gasteiger partial charge in [-0.15, -0.1) is 0 Å². The number of nitrogens with zero attached hydrogens (tertiary/aromatic N) is 1. The highest BCUT2D eigenvalue weighted by Crippen LogP contribution is 2.15. The van der Waals surface area contributed by atoms with Crippen LogP contribution in [0.4, 0.5) is 4.39 Å². The molecule has 1 N–H and O–H groups in total. The second kappa shape index (κ2) is 8.81. The van der Waals surface area contributed by atoms with Gasteiger partial charge in [-0.25, -0.2) is 4.39 Å². The van der Waals surface area contributed by atoms with E-state index in [2.05, 4.69) is 16.7 Å². The van der Waals surface area contributed by atoms with Crippen molar-refractivity contribution in [1.82, 2.24) is 4.90 Å². The van der Waals surface area contributed by atoms with E-state index in [1.807, 2.05) is 6.07 Å². The molecule has 0 spiro atoms. The molecular formula is C18H24FNO. The van der Waals surface area contributed by atoms with E-state index >= 15 is 0 Å². The minimum atomic E-state index is -0.229. The van der Waals surface area contributed by atoms with E-state index in [0.717, 1.165) is 25.2 Å². The highest BCUT2D eigenvalue weighted by molar-refractivity contribution is 5.37. The molecule has 2 rings (SSSR count). The predicted molar refractivity (Wildman–Crippen MR) is 83.3 cm³/mol. The highest BCUT2D eigenvalue weighted by atomic mass is 19.1. The van der Waals surface area contributed by atoms with Gasteiger partial charge in [-0.3, -0.25) is 4.90 Å². The molecule has 0 saturated carbocycles. The van der Waals surface area contributed by atoms with Crippen molar-refractivity contribution in [2.75, 3.05) is 19.7 Å². The molecule has 0 atom stereocenters. The van der Waals surface area contributed by atoms with Crippen LogP contribution in [0, 0.1) is 17.7 Å². The number of aliphatic hydroxyl groups is 1. The van der Waals surface area contributed by atoms with E-state index in [0.29, 0.717) is 12.0 Å². The van der Waals surface area contributed by atoms with Gasteiger partial charge in [0.1, 0.15) is 5.82 Å². The molecule has 1 aromatic carbocycles. The fourth-order valence-corrected chi connectivity index (χ4v) is 2.76. The van der Waals surface area contributed by atoms with Gasteiger partial charge in [0.15, 0.2) is 0 Å². The second-order valence-electron chi connectivity index (χ2n) is 5.67. The Morgan fingerprint density at radius 1 is 1.05 bits per heavy atom. The lowest BCUT2D eigenvalue weighted by atomic mass is 10.1. The smallest absolute Gasteiger partial charge is 0.124 e. The largest absolute Gasteiger partial charge is 0.395 e. The first-order valence-electron chi connectivity index (χ1n) is 7.89. The zero-order valence-electron chi connectivity index (χ0n) is 12.6. The topological polar surface area (TPSA) is 23.5 Å². The lowest BCUT2D eigenvalue weighted by molar-refractivity contribution is 0.239. The molecular weight excluding hydrogens is 265 g/mol. The summed E-state index contributed by atoms with van der Waals surface area (Å²) in [5.74, 6) is 5.54. The molecule has 0 radical (unpaired) electrons. The van der Waals surface area contributed by atoms with Crippen LogP contribution in [0.5, 0.6) is 0 Å². The fourth-order valence-electron chi connectivity index (χ4n) is 2.76. The van der Waals surface area contributed by atoms with E-state index in [1.165, 1.54) is 38.2 Å². The number of halogens is 1. The average Bonchev–Trinajstić information content (AvgIpc) is 2.41. The summed E-state index contributed by atoms with van der Waals surface area (Å²) in [5.41, 5.74) is 1.69. The molecule has 1 fully saturated rings. The van der Waals surface area contributed by atoms with Crippen molar-refractivity contribution in [3.05, 3.63) is 35.1 Å². The third kappa shape index (κ3) is 5.87. The number of hydrogen-bond donors (Lipinski definition) is 1. The molecule has 114 valence electrons. The van der Waals surface area contributed by atoms with Crippen molar-refractivity contribution in [3.8, 4) is 11.8 Å². The minimum Gasteiger partial charge on any atom is -0.395 e. The van der Waals surface area contributed by atoms with Gasteiger partial charge in [-0.2, -0.15) is 0 Å². The third-order valence-electron chi connectivity index (χ3n) is 3.78. The van der Waals surface area contributed by atoms with Crippen LogP contribution in [0.15, 0.2) is 18.2 Å². The maximum Gasteiger partial charge on any atom is 0.124 e. The molecule has 0 bridgehead atoms. The molecule has 0 aliphatic carbocycles. The van der Waals surface area contributed by atoms with Crippen molar-refractivity contribution in [2.24, 2.45) is 0 Å². The standard InChI is InChI=1S/C18H24FNO/c19-18-13-16(8-4-7-11-21)12-17(14-18)15-20-9-5-2-1-3-6-10-20/h12-14,21H,1-3,5-7,9-11,15H2. The molecule has 21 heavy (non-hydrogen) atoms. The molecule has 2 nitrogen and oxygen atoms in total. The first kappa shape index (κ1) is 16.0. The Kier molecular flexibility index (Phi) is 6.72. The predicted octanol–water partition coefficient (Wildman–Crippen LogP) is 3.33. The number of benzene rings is 1. The number of rotatable bonds is 3. The summed E-state index contributed by atoms with van der Waals surface area (Å²) in [6.07, 6.45) is 6.85. The molecule has 0 unspecified atom stereocenters. The maximum atomic E-state index is 13.7.